The maximum absolute atomic E-state index is 11.5. The summed E-state index contributed by atoms with van der Waals surface area (Å²) in [6, 6.07) is -0.933. The normalized spacial score (nSPS) is 29.3. The molecule has 0 aromatic heterocycles. The number of rotatable bonds is 3. The zero-order valence-corrected chi connectivity index (χ0v) is 10.6. The average Bonchev–Trinajstić information content (AvgIpc) is 2.47. The number of thioether (sulfide) groups is 1. The lowest BCUT2D eigenvalue weighted by Gasteiger charge is -2.22. The number of sulfonamides is 1. The van der Waals surface area contributed by atoms with Crippen LogP contribution in [0, 0.1) is 0 Å². The Hall–Kier alpha value is 0.210. The van der Waals surface area contributed by atoms with E-state index in [-0.39, 0.29) is 10.0 Å². The molecule has 14 heavy (non-hydrogen) atoms. The molecule has 0 aromatic rings. The molecule has 1 aliphatic rings. The number of carboxylic acids is 1. The van der Waals surface area contributed by atoms with E-state index in [1.54, 1.807) is 6.92 Å². The molecule has 0 amide bonds. The molecule has 8 heteroatoms. The number of carboxylic acid groups (broad SMARTS) is 1. The Kier molecular flexibility index (Phi) is 3.84. The molecule has 0 saturated carbocycles. The van der Waals surface area contributed by atoms with Gasteiger partial charge in [0.05, 0.1) is 5.37 Å². The molecule has 0 aliphatic carbocycles. The molecule has 82 valence electrons. The van der Waals surface area contributed by atoms with Gasteiger partial charge in [-0.3, -0.25) is 4.79 Å². The van der Waals surface area contributed by atoms with E-state index in [9.17, 15) is 13.2 Å². The molecule has 1 heterocycles. The summed E-state index contributed by atoms with van der Waals surface area (Å²) in [5, 5.41) is 8.52. The highest BCUT2D eigenvalue weighted by atomic mass is 79.9. The third-order valence-corrected chi connectivity index (χ3v) is 6.48. The fourth-order valence-electron chi connectivity index (χ4n) is 1.29. The lowest BCUT2D eigenvalue weighted by Crippen LogP contribution is -2.44. The molecule has 1 fully saturated rings. The minimum Gasteiger partial charge on any atom is -0.480 e. The highest BCUT2D eigenvalue weighted by Crippen LogP contribution is 2.31. The van der Waals surface area contributed by atoms with E-state index in [2.05, 4.69) is 15.9 Å². The summed E-state index contributed by atoms with van der Waals surface area (Å²) in [7, 11) is -3.49. The van der Waals surface area contributed by atoms with E-state index < -0.39 is 22.0 Å². The first-order chi connectivity index (χ1) is 6.40. The topological polar surface area (TPSA) is 74.7 Å². The first kappa shape index (κ1) is 12.3. The van der Waals surface area contributed by atoms with Crippen molar-refractivity contribution in [3.05, 3.63) is 0 Å². The maximum atomic E-state index is 11.5. The summed E-state index contributed by atoms with van der Waals surface area (Å²) < 4.78 is 23.9. The van der Waals surface area contributed by atoms with Gasteiger partial charge in [-0.25, -0.2) is 8.42 Å². The van der Waals surface area contributed by atoms with Gasteiger partial charge in [0.1, 0.15) is 10.7 Å². The number of hydrogen-bond donors (Lipinski definition) is 1. The lowest BCUT2D eigenvalue weighted by atomic mass is 10.3. The van der Waals surface area contributed by atoms with E-state index in [0.717, 1.165) is 4.31 Å². The third kappa shape index (κ3) is 2.23. The summed E-state index contributed by atoms with van der Waals surface area (Å²) in [5.74, 6) is -0.783. The number of halogens is 1. The molecular formula is C6H10BrNO4S2. The minimum absolute atomic E-state index is 0.241. The molecule has 0 aromatic carbocycles. The molecule has 2 atom stereocenters. The summed E-state index contributed by atoms with van der Waals surface area (Å²) in [6.45, 7) is 1.69. The molecule has 5 nitrogen and oxygen atoms in total. The van der Waals surface area contributed by atoms with E-state index in [1.807, 2.05) is 0 Å². The van der Waals surface area contributed by atoms with Gasteiger partial charge < -0.3 is 5.11 Å². The zero-order chi connectivity index (χ0) is 10.9. The second-order valence-corrected chi connectivity index (χ2v) is 7.36. The van der Waals surface area contributed by atoms with Crippen LogP contribution in [-0.2, 0) is 14.8 Å². The second kappa shape index (κ2) is 4.38. The molecule has 0 radical (unpaired) electrons. The summed E-state index contributed by atoms with van der Waals surface area (Å²) in [6.07, 6.45) is 0. The SMILES string of the molecule is CC1SCC(C(=O)O)N1S(=O)(=O)CBr. The van der Waals surface area contributed by atoms with Gasteiger partial charge >= 0.3 is 5.97 Å². The smallest absolute Gasteiger partial charge is 0.322 e. The average molecular weight is 304 g/mol. The highest BCUT2D eigenvalue weighted by molar-refractivity contribution is 9.10. The monoisotopic (exact) mass is 303 g/mol. The van der Waals surface area contributed by atoms with Crippen LogP contribution in [-0.4, -0.2) is 45.6 Å². The van der Waals surface area contributed by atoms with Crippen molar-refractivity contribution in [3.8, 4) is 0 Å². The Balaban J connectivity index is 2.99. The van der Waals surface area contributed by atoms with Crippen LogP contribution in [0.15, 0.2) is 0 Å². The molecule has 1 saturated heterocycles. The van der Waals surface area contributed by atoms with Crippen molar-refractivity contribution in [1.29, 1.82) is 0 Å². The molecule has 0 spiro atoms. The van der Waals surface area contributed by atoms with Crippen LogP contribution in [0.3, 0.4) is 0 Å². The summed E-state index contributed by atoms with van der Waals surface area (Å²) >= 11 is 4.18. The van der Waals surface area contributed by atoms with Crippen LogP contribution in [0.4, 0.5) is 0 Å². The predicted molar refractivity (Wildman–Crippen MR) is 57.9 cm³/mol. The molecule has 2 unspecified atom stereocenters. The molecule has 0 bridgehead atoms. The Morgan fingerprint density at radius 1 is 1.71 bits per heavy atom. The van der Waals surface area contributed by atoms with Gasteiger partial charge in [0.25, 0.3) is 0 Å². The fourth-order valence-corrected chi connectivity index (χ4v) is 4.84. The fraction of sp³-hybridized carbons (Fsp3) is 0.833. The highest BCUT2D eigenvalue weighted by Gasteiger charge is 2.43. The Labute approximate surface area is 95.0 Å². The van der Waals surface area contributed by atoms with E-state index in [0.29, 0.717) is 5.75 Å². The van der Waals surface area contributed by atoms with E-state index >= 15 is 0 Å². The van der Waals surface area contributed by atoms with Crippen molar-refractivity contribution in [2.45, 2.75) is 18.3 Å². The van der Waals surface area contributed by atoms with Crippen molar-refractivity contribution in [2.24, 2.45) is 0 Å². The van der Waals surface area contributed by atoms with Gasteiger partial charge in [0.15, 0.2) is 0 Å². The van der Waals surface area contributed by atoms with Crippen LogP contribution in [0.5, 0.6) is 0 Å². The largest absolute Gasteiger partial charge is 0.480 e. The predicted octanol–water partition coefficient (Wildman–Crippen LogP) is 0.517. The standard InChI is InChI=1S/C6H10BrNO4S2/c1-4-8(14(11,12)3-7)5(2-13-4)6(9)10/h4-5H,2-3H2,1H3,(H,9,10). The van der Waals surface area contributed by atoms with Gasteiger partial charge in [-0.2, -0.15) is 4.31 Å². The van der Waals surface area contributed by atoms with E-state index in [4.69, 9.17) is 5.11 Å². The minimum atomic E-state index is -3.49. The maximum Gasteiger partial charge on any atom is 0.322 e. The second-order valence-electron chi connectivity index (χ2n) is 2.84. The summed E-state index contributed by atoms with van der Waals surface area (Å²) in [5.41, 5.74) is 0. The first-order valence-electron chi connectivity index (χ1n) is 3.81. The van der Waals surface area contributed by atoms with Gasteiger partial charge in [-0.15, -0.1) is 11.8 Å². The van der Waals surface area contributed by atoms with Crippen LogP contribution in [0.25, 0.3) is 0 Å². The van der Waals surface area contributed by atoms with Crippen LogP contribution >= 0.6 is 27.7 Å². The van der Waals surface area contributed by atoms with Crippen molar-refractivity contribution in [1.82, 2.24) is 4.31 Å². The molecule has 1 N–H and O–H groups in total. The van der Waals surface area contributed by atoms with Gasteiger partial charge in [0.2, 0.25) is 10.0 Å². The van der Waals surface area contributed by atoms with Crippen LogP contribution in [0.2, 0.25) is 0 Å². The number of hydrogen-bond acceptors (Lipinski definition) is 4. The molecule has 1 rings (SSSR count). The van der Waals surface area contributed by atoms with Crippen molar-refractivity contribution >= 4 is 43.7 Å². The Morgan fingerprint density at radius 3 is 2.71 bits per heavy atom. The van der Waals surface area contributed by atoms with Gasteiger partial charge in [-0.1, -0.05) is 15.9 Å². The third-order valence-electron chi connectivity index (χ3n) is 1.90. The Bertz CT molecular complexity index is 331. The van der Waals surface area contributed by atoms with Gasteiger partial charge in [0, 0.05) is 5.75 Å². The van der Waals surface area contributed by atoms with Crippen molar-refractivity contribution in [3.63, 3.8) is 0 Å². The van der Waals surface area contributed by atoms with Gasteiger partial charge in [-0.05, 0) is 6.92 Å². The van der Waals surface area contributed by atoms with Crippen LogP contribution in [0.1, 0.15) is 6.92 Å². The number of alkyl halides is 1. The Morgan fingerprint density at radius 2 is 2.29 bits per heavy atom. The number of aliphatic carboxylic acids is 1. The molecule has 1 aliphatic heterocycles. The number of nitrogens with zero attached hydrogens (tertiary/aromatic N) is 1. The lowest BCUT2D eigenvalue weighted by molar-refractivity contribution is -0.140. The zero-order valence-electron chi connectivity index (χ0n) is 7.38. The van der Waals surface area contributed by atoms with Crippen molar-refractivity contribution < 1.29 is 18.3 Å². The summed E-state index contributed by atoms with van der Waals surface area (Å²) in [4.78, 5) is 10.8. The van der Waals surface area contributed by atoms with Crippen LogP contribution < -0.4 is 0 Å². The molecular weight excluding hydrogens is 294 g/mol. The first-order valence-corrected chi connectivity index (χ1v) is 7.59. The van der Waals surface area contributed by atoms with E-state index in [1.165, 1.54) is 11.8 Å². The van der Waals surface area contributed by atoms with Crippen molar-refractivity contribution in [2.75, 3.05) is 10.4 Å². The quantitative estimate of drug-likeness (QED) is 0.769. The number of carbonyl (C=O) groups is 1.